The van der Waals surface area contributed by atoms with Crippen molar-refractivity contribution in [2.24, 2.45) is 17.8 Å². The molecule has 3 N–H and O–H groups in total. The van der Waals surface area contributed by atoms with Gasteiger partial charge in [0.25, 0.3) is 0 Å². The second-order valence-electron chi connectivity index (χ2n) is 10.9. The number of hydrogen-bond acceptors (Lipinski definition) is 6. The molecule has 3 saturated heterocycles. The van der Waals surface area contributed by atoms with E-state index in [4.69, 9.17) is 4.74 Å². The van der Waals surface area contributed by atoms with E-state index in [0.29, 0.717) is 18.7 Å². The molecule has 2 bridgehead atoms. The summed E-state index contributed by atoms with van der Waals surface area (Å²) < 4.78 is 4.79. The first-order chi connectivity index (χ1) is 18.7. The summed E-state index contributed by atoms with van der Waals surface area (Å²) in [6.07, 6.45) is 1.13. The molecule has 2 aromatic rings. The van der Waals surface area contributed by atoms with Crippen LogP contribution in [-0.4, -0.2) is 63.5 Å². The summed E-state index contributed by atoms with van der Waals surface area (Å²) in [6.45, 7) is 8.66. The van der Waals surface area contributed by atoms with Gasteiger partial charge in [-0.1, -0.05) is 25.1 Å². The van der Waals surface area contributed by atoms with Gasteiger partial charge in [-0.2, -0.15) is 0 Å². The lowest BCUT2D eigenvalue weighted by atomic mass is 9.66. The van der Waals surface area contributed by atoms with Gasteiger partial charge in [0.05, 0.1) is 23.2 Å². The number of nitrogens with zero attached hydrogens (tertiary/aromatic N) is 1. The van der Waals surface area contributed by atoms with Crippen LogP contribution in [0.2, 0.25) is 0 Å². The summed E-state index contributed by atoms with van der Waals surface area (Å²) >= 11 is 1.64. The number of carbonyl (C=O) groups is 3. The zero-order chi connectivity index (χ0) is 27.9. The van der Waals surface area contributed by atoms with E-state index in [2.05, 4.69) is 17.6 Å². The number of benzene rings is 2. The first kappa shape index (κ1) is 27.5. The number of likely N-dealkylation sites (tertiary alicyclic amines) is 1. The number of rotatable bonds is 9. The molecule has 0 saturated carbocycles. The Labute approximate surface area is 233 Å². The normalized spacial score (nSPS) is 28.9. The Balaban J connectivity index is 1.46. The number of aliphatic hydroxyl groups is 1. The monoisotopic (exact) mass is 551 g/mol. The third-order valence-electron chi connectivity index (χ3n) is 8.52. The van der Waals surface area contributed by atoms with Gasteiger partial charge in [-0.3, -0.25) is 14.4 Å². The highest BCUT2D eigenvalue weighted by molar-refractivity contribution is 8.02. The highest BCUT2D eigenvalue weighted by atomic mass is 32.2. The maximum absolute atomic E-state index is 14.1. The second-order valence-corrected chi connectivity index (χ2v) is 12.4. The molecule has 1 spiro atoms. The number of anilines is 2. The van der Waals surface area contributed by atoms with E-state index in [1.807, 2.05) is 51.1 Å². The minimum atomic E-state index is -0.728. The summed E-state index contributed by atoms with van der Waals surface area (Å²) in [7, 11) is 0. The largest absolute Gasteiger partial charge is 0.494 e. The van der Waals surface area contributed by atoms with Crippen LogP contribution in [0, 0.1) is 31.6 Å². The molecule has 208 valence electrons. The van der Waals surface area contributed by atoms with Crippen LogP contribution in [0.15, 0.2) is 42.5 Å². The van der Waals surface area contributed by atoms with Crippen molar-refractivity contribution in [1.29, 1.82) is 0 Å². The van der Waals surface area contributed by atoms with Gasteiger partial charge in [-0.15, -0.1) is 11.8 Å². The maximum Gasteiger partial charge on any atom is 0.248 e. The minimum absolute atomic E-state index is 0.0489. The van der Waals surface area contributed by atoms with Gasteiger partial charge in [-0.05, 0) is 74.9 Å². The van der Waals surface area contributed by atoms with Crippen molar-refractivity contribution in [2.75, 3.05) is 30.4 Å². The lowest BCUT2D eigenvalue weighted by molar-refractivity contribution is -0.138. The summed E-state index contributed by atoms with van der Waals surface area (Å²) in [5.74, 6) is -0.939. The van der Waals surface area contributed by atoms with E-state index in [1.54, 1.807) is 28.8 Å². The Hall–Kier alpha value is -3.04. The van der Waals surface area contributed by atoms with Gasteiger partial charge in [0, 0.05) is 29.8 Å². The number of aliphatic hydroxyl groups excluding tert-OH is 1. The third-order valence-corrected chi connectivity index (χ3v) is 10.6. The van der Waals surface area contributed by atoms with Gasteiger partial charge < -0.3 is 25.4 Å². The highest BCUT2D eigenvalue weighted by Gasteiger charge is 2.75. The molecule has 5 rings (SSSR count). The van der Waals surface area contributed by atoms with E-state index in [-0.39, 0.29) is 42.0 Å². The molecule has 0 radical (unpaired) electrons. The zero-order valence-electron chi connectivity index (χ0n) is 22.9. The average molecular weight is 552 g/mol. The number of ether oxygens (including phenoxy) is 1. The first-order valence-electron chi connectivity index (χ1n) is 13.7. The molecule has 8 nitrogen and oxygen atoms in total. The lowest BCUT2D eigenvalue weighted by Gasteiger charge is -2.38. The number of para-hydroxylation sites is 1. The molecule has 0 aliphatic carbocycles. The van der Waals surface area contributed by atoms with Crippen LogP contribution < -0.4 is 15.4 Å². The fraction of sp³-hybridized carbons (Fsp3) is 0.500. The third kappa shape index (κ3) is 4.59. The zero-order valence-corrected chi connectivity index (χ0v) is 23.7. The van der Waals surface area contributed by atoms with Crippen molar-refractivity contribution in [1.82, 2.24) is 4.90 Å². The Bertz CT molecular complexity index is 1250. The van der Waals surface area contributed by atoms with E-state index in [1.165, 1.54) is 0 Å². The minimum Gasteiger partial charge on any atom is -0.494 e. The molecule has 3 heterocycles. The number of amides is 3. The summed E-state index contributed by atoms with van der Waals surface area (Å²) in [6, 6.07) is 12.3. The number of nitrogens with one attached hydrogen (secondary N) is 2. The lowest BCUT2D eigenvalue weighted by Crippen LogP contribution is -2.55. The van der Waals surface area contributed by atoms with E-state index in [9.17, 15) is 19.5 Å². The van der Waals surface area contributed by atoms with Gasteiger partial charge in [0.15, 0.2) is 0 Å². The van der Waals surface area contributed by atoms with Crippen molar-refractivity contribution < 1.29 is 24.2 Å². The summed E-state index contributed by atoms with van der Waals surface area (Å²) in [5, 5.41) is 15.7. The predicted octanol–water partition coefficient (Wildman–Crippen LogP) is 4.00. The van der Waals surface area contributed by atoms with Crippen LogP contribution in [0.4, 0.5) is 11.4 Å². The van der Waals surface area contributed by atoms with Crippen LogP contribution in [0.1, 0.15) is 37.8 Å². The van der Waals surface area contributed by atoms with Crippen molar-refractivity contribution in [3.05, 3.63) is 53.6 Å². The van der Waals surface area contributed by atoms with Crippen molar-refractivity contribution in [3.8, 4) is 5.75 Å². The van der Waals surface area contributed by atoms with E-state index < -0.39 is 22.6 Å². The number of fused-ring (bicyclic) bond motifs is 1. The predicted molar refractivity (Wildman–Crippen MR) is 153 cm³/mol. The van der Waals surface area contributed by atoms with E-state index >= 15 is 0 Å². The molecular formula is C30H37N3O5S. The molecule has 39 heavy (non-hydrogen) atoms. The molecular weight excluding hydrogens is 514 g/mol. The number of thioether (sulfide) groups is 1. The molecule has 0 aromatic heterocycles. The Morgan fingerprint density at radius 3 is 2.44 bits per heavy atom. The Kier molecular flexibility index (Phi) is 7.66. The Morgan fingerprint density at radius 2 is 1.79 bits per heavy atom. The quantitative estimate of drug-likeness (QED) is 0.435. The fourth-order valence-electron chi connectivity index (χ4n) is 6.83. The number of aryl methyl sites for hydroxylation is 2. The number of hydrogen-bond donors (Lipinski definition) is 3. The van der Waals surface area contributed by atoms with Crippen molar-refractivity contribution >= 4 is 40.9 Å². The summed E-state index contributed by atoms with van der Waals surface area (Å²) in [4.78, 5) is 43.5. The van der Waals surface area contributed by atoms with Gasteiger partial charge in [0.1, 0.15) is 11.8 Å². The second kappa shape index (κ2) is 10.8. The standard InChI is InChI=1S/C30H37N3O5S/c1-5-38-21-12-10-20(11-13-21)31-27(35)23-22-16-19(4)30(39-22)24(23)29(37)33(14-7-15-34)26(30)28(36)32-25-17(2)8-6-9-18(25)3/h6,8-13,19,22-24,26,34H,5,7,14-16H2,1-4H3,(H,31,35)(H,32,36)/t19?,22-,23+,24+,26?,30?/m1/s1. The van der Waals surface area contributed by atoms with Crippen LogP contribution in [0.3, 0.4) is 0 Å². The molecule has 3 amide bonds. The molecule has 2 aromatic carbocycles. The maximum atomic E-state index is 14.1. The summed E-state index contributed by atoms with van der Waals surface area (Å²) in [5.41, 5.74) is 3.30. The van der Waals surface area contributed by atoms with Crippen LogP contribution in [0.5, 0.6) is 5.75 Å². The SMILES string of the molecule is CCOc1ccc(NC(=O)[C@@H]2[C@H]3C(=O)N(CCCO)C(C(=O)Nc4c(C)cccc4C)C34S[C@@H]2CC4C)cc1. The van der Waals surface area contributed by atoms with Crippen LogP contribution in [0.25, 0.3) is 0 Å². The topological polar surface area (TPSA) is 108 Å². The van der Waals surface area contributed by atoms with Gasteiger partial charge in [0.2, 0.25) is 17.7 Å². The van der Waals surface area contributed by atoms with Gasteiger partial charge in [-0.25, -0.2) is 0 Å². The molecule has 3 unspecified atom stereocenters. The average Bonchev–Trinajstić information content (AvgIpc) is 3.50. The molecule has 3 fully saturated rings. The smallest absolute Gasteiger partial charge is 0.248 e. The molecule has 9 heteroatoms. The van der Waals surface area contributed by atoms with Crippen molar-refractivity contribution in [2.45, 2.75) is 56.6 Å². The molecule has 6 atom stereocenters. The molecule has 3 aliphatic rings. The fourth-order valence-corrected chi connectivity index (χ4v) is 9.25. The molecule has 3 aliphatic heterocycles. The van der Waals surface area contributed by atoms with Crippen LogP contribution in [-0.2, 0) is 14.4 Å². The highest BCUT2D eigenvalue weighted by Crippen LogP contribution is 2.68. The van der Waals surface area contributed by atoms with Crippen molar-refractivity contribution in [3.63, 3.8) is 0 Å². The number of carbonyl (C=O) groups excluding carboxylic acids is 3. The van der Waals surface area contributed by atoms with Gasteiger partial charge >= 0.3 is 0 Å². The van der Waals surface area contributed by atoms with E-state index in [0.717, 1.165) is 29.0 Å². The Morgan fingerprint density at radius 1 is 1.10 bits per heavy atom. The van der Waals surface area contributed by atoms with Crippen LogP contribution >= 0.6 is 11.8 Å². The first-order valence-corrected chi connectivity index (χ1v) is 14.6.